The zero-order chi connectivity index (χ0) is 22.2. The summed E-state index contributed by atoms with van der Waals surface area (Å²) in [6, 6.07) is 19.4. The van der Waals surface area contributed by atoms with Crippen LogP contribution in [0.25, 0.3) is 16.8 Å². The van der Waals surface area contributed by atoms with Crippen molar-refractivity contribution >= 4 is 46.0 Å². The average Bonchev–Trinajstić information content (AvgIpc) is 2.77. The summed E-state index contributed by atoms with van der Waals surface area (Å²) in [7, 11) is 0. The van der Waals surface area contributed by atoms with E-state index < -0.39 is 11.8 Å². The average molecular weight is 434 g/mol. The van der Waals surface area contributed by atoms with E-state index in [1.165, 1.54) is 6.08 Å². The Labute approximate surface area is 186 Å². The summed E-state index contributed by atoms with van der Waals surface area (Å²) in [5.41, 5.74) is 7.86. The molecule has 0 atom stereocenters. The van der Waals surface area contributed by atoms with E-state index in [1.54, 1.807) is 12.1 Å². The van der Waals surface area contributed by atoms with Gasteiger partial charge in [-0.25, -0.2) is 0 Å². The molecule has 0 aliphatic rings. The molecule has 0 radical (unpaired) electrons. The normalized spacial score (nSPS) is 10.6. The number of rotatable bonds is 5. The number of amides is 2. The van der Waals surface area contributed by atoms with Gasteiger partial charge in [-0.15, -0.1) is 0 Å². The minimum Gasteiger partial charge on any atom is -0.483 e. The Morgan fingerprint density at radius 1 is 0.968 bits per heavy atom. The third-order valence-corrected chi connectivity index (χ3v) is 4.91. The molecule has 0 bridgehead atoms. The van der Waals surface area contributed by atoms with Crippen LogP contribution in [-0.2, 0) is 9.59 Å². The number of fused-ring (bicyclic) bond motifs is 1. The van der Waals surface area contributed by atoms with Crippen LogP contribution < -0.4 is 20.9 Å². The SMILES string of the molecule is Cc1cccc(OCC(=O)NNC(=S)NC(=O)/C=C/c2cccc3ccccc23)c1C. The van der Waals surface area contributed by atoms with Gasteiger partial charge in [0.2, 0.25) is 5.91 Å². The van der Waals surface area contributed by atoms with Crippen LogP contribution in [0.4, 0.5) is 0 Å². The van der Waals surface area contributed by atoms with Crippen molar-refractivity contribution in [3.63, 3.8) is 0 Å². The number of hydrazine groups is 1. The molecule has 0 saturated heterocycles. The number of carbonyl (C=O) groups is 2. The molecule has 3 rings (SSSR count). The highest BCUT2D eigenvalue weighted by atomic mass is 32.1. The van der Waals surface area contributed by atoms with Crippen LogP contribution >= 0.6 is 12.2 Å². The van der Waals surface area contributed by atoms with Gasteiger partial charge >= 0.3 is 0 Å². The summed E-state index contributed by atoms with van der Waals surface area (Å²) < 4.78 is 5.52. The molecule has 158 valence electrons. The molecule has 0 aromatic heterocycles. The van der Waals surface area contributed by atoms with Gasteiger partial charge in [0, 0.05) is 6.08 Å². The highest BCUT2D eigenvalue weighted by Crippen LogP contribution is 2.20. The first-order chi connectivity index (χ1) is 14.9. The van der Waals surface area contributed by atoms with Gasteiger partial charge in [0.1, 0.15) is 5.75 Å². The lowest BCUT2D eigenvalue weighted by molar-refractivity contribution is -0.123. The Morgan fingerprint density at radius 2 is 1.71 bits per heavy atom. The van der Waals surface area contributed by atoms with Crippen molar-refractivity contribution in [1.82, 2.24) is 16.2 Å². The highest BCUT2D eigenvalue weighted by molar-refractivity contribution is 7.80. The lowest BCUT2D eigenvalue weighted by Gasteiger charge is -2.12. The van der Waals surface area contributed by atoms with Crippen LogP contribution in [0.5, 0.6) is 5.75 Å². The van der Waals surface area contributed by atoms with E-state index in [0.717, 1.165) is 27.5 Å². The maximum atomic E-state index is 12.1. The van der Waals surface area contributed by atoms with Gasteiger partial charge in [-0.2, -0.15) is 0 Å². The molecule has 0 aliphatic carbocycles. The third kappa shape index (κ3) is 6.13. The molecule has 0 saturated carbocycles. The van der Waals surface area contributed by atoms with E-state index in [1.807, 2.05) is 68.4 Å². The Morgan fingerprint density at radius 3 is 2.55 bits per heavy atom. The topological polar surface area (TPSA) is 79.5 Å². The highest BCUT2D eigenvalue weighted by Gasteiger charge is 2.07. The van der Waals surface area contributed by atoms with Gasteiger partial charge in [0.15, 0.2) is 11.7 Å². The van der Waals surface area contributed by atoms with Gasteiger partial charge in [-0.1, -0.05) is 54.6 Å². The fourth-order valence-corrected chi connectivity index (χ4v) is 3.08. The van der Waals surface area contributed by atoms with E-state index in [9.17, 15) is 9.59 Å². The number of ether oxygens (including phenoxy) is 1. The van der Waals surface area contributed by atoms with Gasteiger partial charge in [-0.05, 0) is 65.7 Å². The molecule has 3 N–H and O–H groups in total. The van der Waals surface area contributed by atoms with E-state index in [4.69, 9.17) is 17.0 Å². The summed E-state index contributed by atoms with van der Waals surface area (Å²) in [5, 5.41) is 4.60. The quantitative estimate of drug-likeness (QED) is 0.326. The second kappa shape index (κ2) is 10.4. The van der Waals surface area contributed by atoms with Crippen molar-refractivity contribution in [2.45, 2.75) is 13.8 Å². The second-order valence-corrected chi connectivity index (χ2v) is 7.29. The fraction of sp³-hybridized carbons (Fsp3) is 0.125. The Kier molecular flexibility index (Phi) is 7.35. The molecular weight excluding hydrogens is 410 g/mol. The monoisotopic (exact) mass is 433 g/mol. The lowest BCUT2D eigenvalue weighted by atomic mass is 10.0. The van der Waals surface area contributed by atoms with Crippen molar-refractivity contribution in [3.05, 3.63) is 83.4 Å². The Hall–Kier alpha value is -3.71. The Bertz CT molecular complexity index is 1150. The zero-order valence-electron chi connectivity index (χ0n) is 17.3. The predicted molar refractivity (Wildman–Crippen MR) is 126 cm³/mol. The molecule has 0 fully saturated rings. The molecular formula is C24H23N3O3S. The zero-order valence-corrected chi connectivity index (χ0v) is 18.1. The largest absolute Gasteiger partial charge is 0.483 e. The number of aryl methyl sites for hydroxylation is 1. The van der Waals surface area contributed by atoms with Gasteiger partial charge < -0.3 is 4.74 Å². The summed E-state index contributed by atoms with van der Waals surface area (Å²) >= 11 is 5.04. The van der Waals surface area contributed by atoms with Gasteiger partial charge in [-0.3, -0.25) is 25.8 Å². The number of thiocarbonyl (C=S) groups is 1. The maximum absolute atomic E-state index is 12.1. The van der Waals surface area contributed by atoms with E-state index in [2.05, 4.69) is 16.2 Å². The predicted octanol–water partition coefficient (Wildman–Crippen LogP) is 3.57. The van der Waals surface area contributed by atoms with Gasteiger partial charge in [0.05, 0.1) is 0 Å². The summed E-state index contributed by atoms with van der Waals surface area (Å²) in [4.78, 5) is 24.1. The fourth-order valence-electron chi connectivity index (χ4n) is 2.93. The van der Waals surface area contributed by atoms with Crippen molar-refractivity contribution in [2.24, 2.45) is 0 Å². The minimum absolute atomic E-state index is 0.0207. The van der Waals surface area contributed by atoms with Crippen molar-refractivity contribution in [1.29, 1.82) is 0 Å². The Balaban J connectivity index is 1.45. The maximum Gasteiger partial charge on any atom is 0.276 e. The first-order valence-electron chi connectivity index (χ1n) is 9.68. The number of nitrogens with one attached hydrogen (secondary N) is 3. The molecule has 0 heterocycles. The van der Waals surface area contributed by atoms with Gasteiger partial charge in [0.25, 0.3) is 5.91 Å². The first-order valence-corrected chi connectivity index (χ1v) is 10.1. The molecule has 7 heteroatoms. The van der Waals surface area contributed by atoms with Crippen LogP contribution in [0, 0.1) is 13.8 Å². The molecule has 3 aromatic carbocycles. The number of benzene rings is 3. The molecule has 0 aliphatic heterocycles. The van der Waals surface area contributed by atoms with Crippen LogP contribution in [0.15, 0.2) is 66.7 Å². The molecule has 0 spiro atoms. The lowest BCUT2D eigenvalue weighted by Crippen LogP contribution is -2.49. The van der Waals surface area contributed by atoms with Crippen molar-refractivity contribution < 1.29 is 14.3 Å². The second-order valence-electron chi connectivity index (χ2n) is 6.88. The van der Waals surface area contributed by atoms with Crippen LogP contribution in [0.2, 0.25) is 0 Å². The number of hydrogen-bond donors (Lipinski definition) is 3. The van der Waals surface area contributed by atoms with Crippen LogP contribution in [-0.4, -0.2) is 23.5 Å². The first kappa shape index (κ1) is 22.0. The molecule has 2 amide bonds. The summed E-state index contributed by atoms with van der Waals surface area (Å²) in [5.74, 6) is -0.195. The van der Waals surface area contributed by atoms with Crippen LogP contribution in [0.3, 0.4) is 0 Å². The smallest absolute Gasteiger partial charge is 0.276 e. The summed E-state index contributed by atoms with van der Waals surface area (Å²) in [6.07, 6.45) is 3.11. The molecule has 31 heavy (non-hydrogen) atoms. The van der Waals surface area contributed by atoms with Crippen molar-refractivity contribution in [2.75, 3.05) is 6.61 Å². The van der Waals surface area contributed by atoms with Crippen LogP contribution in [0.1, 0.15) is 16.7 Å². The van der Waals surface area contributed by atoms with E-state index in [-0.39, 0.29) is 11.7 Å². The van der Waals surface area contributed by atoms with E-state index >= 15 is 0 Å². The third-order valence-electron chi connectivity index (χ3n) is 4.70. The molecule has 0 unspecified atom stereocenters. The van der Waals surface area contributed by atoms with Crippen molar-refractivity contribution in [3.8, 4) is 5.75 Å². The minimum atomic E-state index is -0.427. The number of carbonyl (C=O) groups excluding carboxylic acids is 2. The van der Waals surface area contributed by atoms with E-state index in [0.29, 0.717) is 5.75 Å². The summed E-state index contributed by atoms with van der Waals surface area (Å²) in [6.45, 7) is 3.71. The number of hydrogen-bond acceptors (Lipinski definition) is 4. The standard InChI is InChI=1S/C24H23N3O3S/c1-16-7-5-12-21(17(16)2)30-15-23(29)26-27-24(31)25-22(28)14-13-19-10-6-9-18-8-3-4-11-20(18)19/h3-14H,15H2,1-2H3,(H,26,29)(H2,25,27,28,31)/b14-13+. The molecule has 3 aromatic rings. The molecule has 6 nitrogen and oxygen atoms in total.